The lowest BCUT2D eigenvalue weighted by molar-refractivity contribution is 0.0983. The summed E-state index contributed by atoms with van der Waals surface area (Å²) in [5, 5.41) is 0. The van der Waals surface area contributed by atoms with Gasteiger partial charge in [-0.1, -0.05) is 26.0 Å². The highest BCUT2D eigenvalue weighted by atomic mass is 16.4. The van der Waals surface area contributed by atoms with Gasteiger partial charge in [0.2, 0.25) is 5.78 Å². The fourth-order valence-corrected chi connectivity index (χ4v) is 1.02. The number of para-hydroxylation sites is 2. The standard InChI is InChI=1S/C9H7NO2.C2H6/c1-6(11)9-10-7-4-2-3-5-8(7)12-9;1-2/h2-5H,1H3;1-2H3. The first-order valence-corrected chi connectivity index (χ1v) is 4.64. The maximum atomic E-state index is 10.9. The van der Waals surface area contributed by atoms with Crippen LogP contribution in [-0.4, -0.2) is 10.8 Å². The molecule has 1 aromatic carbocycles. The molecule has 1 aromatic heterocycles. The summed E-state index contributed by atoms with van der Waals surface area (Å²) < 4.78 is 5.17. The zero-order chi connectivity index (χ0) is 10.6. The molecule has 0 spiro atoms. The van der Waals surface area contributed by atoms with E-state index in [1.165, 1.54) is 6.92 Å². The summed E-state index contributed by atoms with van der Waals surface area (Å²) in [7, 11) is 0. The fourth-order valence-electron chi connectivity index (χ4n) is 1.02. The number of hydrogen-bond donors (Lipinski definition) is 0. The van der Waals surface area contributed by atoms with Gasteiger partial charge in [-0.05, 0) is 12.1 Å². The van der Waals surface area contributed by atoms with E-state index in [2.05, 4.69) is 4.98 Å². The Labute approximate surface area is 82.8 Å². The van der Waals surface area contributed by atoms with Crippen LogP contribution in [0.5, 0.6) is 0 Å². The number of oxazole rings is 1. The number of benzene rings is 1. The van der Waals surface area contributed by atoms with Crippen molar-refractivity contribution in [1.82, 2.24) is 4.98 Å². The fraction of sp³-hybridized carbons (Fsp3) is 0.273. The number of aromatic nitrogens is 1. The molecule has 0 aliphatic heterocycles. The van der Waals surface area contributed by atoms with Crippen molar-refractivity contribution in [3.63, 3.8) is 0 Å². The highest BCUT2D eigenvalue weighted by molar-refractivity contribution is 5.92. The van der Waals surface area contributed by atoms with Gasteiger partial charge >= 0.3 is 0 Å². The third-order valence-corrected chi connectivity index (χ3v) is 1.60. The Morgan fingerprint density at radius 3 is 2.50 bits per heavy atom. The molecule has 0 saturated carbocycles. The molecule has 0 N–H and O–H groups in total. The van der Waals surface area contributed by atoms with Crippen LogP contribution < -0.4 is 0 Å². The lowest BCUT2D eigenvalue weighted by Crippen LogP contribution is -1.89. The number of nitrogens with zero attached hydrogens (tertiary/aromatic N) is 1. The Bertz CT molecular complexity index is 399. The smallest absolute Gasteiger partial charge is 0.263 e. The van der Waals surface area contributed by atoms with Crippen molar-refractivity contribution in [2.45, 2.75) is 20.8 Å². The van der Waals surface area contributed by atoms with E-state index in [1.807, 2.05) is 32.0 Å². The van der Waals surface area contributed by atoms with E-state index in [0.717, 1.165) is 5.52 Å². The van der Waals surface area contributed by atoms with E-state index in [-0.39, 0.29) is 11.7 Å². The minimum Gasteiger partial charge on any atom is -0.434 e. The monoisotopic (exact) mass is 191 g/mol. The molecule has 74 valence electrons. The lowest BCUT2D eigenvalue weighted by Gasteiger charge is -1.80. The van der Waals surface area contributed by atoms with Crippen LogP contribution >= 0.6 is 0 Å². The summed E-state index contributed by atoms with van der Waals surface area (Å²) in [6.45, 7) is 5.44. The maximum Gasteiger partial charge on any atom is 0.263 e. The second-order valence-electron chi connectivity index (χ2n) is 2.54. The molecular weight excluding hydrogens is 178 g/mol. The van der Waals surface area contributed by atoms with Crippen molar-refractivity contribution in [2.24, 2.45) is 0 Å². The predicted molar refractivity (Wildman–Crippen MR) is 55.4 cm³/mol. The van der Waals surface area contributed by atoms with Gasteiger partial charge in [-0.25, -0.2) is 4.98 Å². The average molecular weight is 191 g/mol. The second-order valence-corrected chi connectivity index (χ2v) is 2.54. The maximum absolute atomic E-state index is 10.9. The summed E-state index contributed by atoms with van der Waals surface area (Å²) in [4.78, 5) is 14.9. The minimum absolute atomic E-state index is 0.147. The zero-order valence-electron chi connectivity index (χ0n) is 8.57. The second kappa shape index (κ2) is 4.56. The quantitative estimate of drug-likeness (QED) is 0.650. The highest BCUT2D eigenvalue weighted by Gasteiger charge is 2.07. The molecular formula is C11H13NO2. The van der Waals surface area contributed by atoms with Gasteiger partial charge < -0.3 is 4.42 Å². The molecule has 0 aliphatic carbocycles. The number of ketones is 1. The van der Waals surface area contributed by atoms with E-state index in [1.54, 1.807) is 6.07 Å². The van der Waals surface area contributed by atoms with Gasteiger partial charge in [0.25, 0.3) is 5.89 Å². The topological polar surface area (TPSA) is 43.1 Å². The van der Waals surface area contributed by atoms with Crippen LogP contribution in [-0.2, 0) is 0 Å². The van der Waals surface area contributed by atoms with E-state index in [9.17, 15) is 4.79 Å². The van der Waals surface area contributed by atoms with Crippen molar-refractivity contribution in [3.8, 4) is 0 Å². The number of rotatable bonds is 1. The Balaban J connectivity index is 0.000000461. The van der Waals surface area contributed by atoms with E-state index >= 15 is 0 Å². The van der Waals surface area contributed by atoms with Gasteiger partial charge in [-0.15, -0.1) is 0 Å². The Hall–Kier alpha value is -1.64. The Morgan fingerprint density at radius 2 is 1.93 bits per heavy atom. The number of carbonyl (C=O) groups is 1. The average Bonchev–Trinajstić information content (AvgIpc) is 2.64. The molecule has 2 rings (SSSR count). The van der Waals surface area contributed by atoms with Gasteiger partial charge in [0.05, 0.1) is 0 Å². The summed E-state index contributed by atoms with van der Waals surface area (Å²) in [5.41, 5.74) is 1.38. The number of Topliss-reactive ketones (excluding diaryl/α,β-unsaturated/α-hetero) is 1. The van der Waals surface area contributed by atoms with Gasteiger partial charge in [-0.2, -0.15) is 0 Å². The molecule has 0 aliphatic rings. The van der Waals surface area contributed by atoms with Crippen LogP contribution in [0.2, 0.25) is 0 Å². The zero-order valence-corrected chi connectivity index (χ0v) is 8.57. The van der Waals surface area contributed by atoms with Crippen LogP contribution in [0.1, 0.15) is 31.5 Å². The van der Waals surface area contributed by atoms with Crippen molar-refractivity contribution >= 4 is 16.9 Å². The van der Waals surface area contributed by atoms with Crippen molar-refractivity contribution < 1.29 is 9.21 Å². The van der Waals surface area contributed by atoms with Crippen molar-refractivity contribution in [2.75, 3.05) is 0 Å². The SMILES string of the molecule is CC.CC(=O)c1nc2ccccc2o1. The molecule has 2 aromatic rings. The van der Waals surface area contributed by atoms with Crippen LogP contribution in [0, 0.1) is 0 Å². The Morgan fingerprint density at radius 1 is 1.29 bits per heavy atom. The van der Waals surface area contributed by atoms with E-state index < -0.39 is 0 Å². The van der Waals surface area contributed by atoms with E-state index in [0.29, 0.717) is 5.58 Å². The normalized spacial score (nSPS) is 9.36. The lowest BCUT2D eigenvalue weighted by atomic mass is 10.3. The van der Waals surface area contributed by atoms with Gasteiger partial charge in [0.15, 0.2) is 5.58 Å². The largest absolute Gasteiger partial charge is 0.434 e. The number of hydrogen-bond acceptors (Lipinski definition) is 3. The van der Waals surface area contributed by atoms with Crippen molar-refractivity contribution in [1.29, 1.82) is 0 Å². The molecule has 1 heterocycles. The molecule has 14 heavy (non-hydrogen) atoms. The number of fused-ring (bicyclic) bond motifs is 1. The van der Waals surface area contributed by atoms with Crippen LogP contribution in [0.3, 0.4) is 0 Å². The summed E-state index contributed by atoms with van der Waals surface area (Å²) in [5.74, 6) is 0.0300. The first kappa shape index (κ1) is 10.4. The predicted octanol–water partition coefficient (Wildman–Crippen LogP) is 3.06. The molecule has 0 amide bonds. The minimum atomic E-state index is -0.147. The van der Waals surface area contributed by atoms with Gasteiger partial charge in [0, 0.05) is 6.92 Å². The molecule has 0 atom stereocenters. The summed E-state index contributed by atoms with van der Waals surface area (Å²) >= 11 is 0. The Kier molecular flexibility index (Phi) is 3.40. The molecule has 0 bridgehead atoms. The molecule has 0 unspecified atom stereocenters. The van der Waals surface area contributed by atoms with E-state index in [4.69, 9.17) is 4.42 Å². The molecule has 0 radical (unpaired) electrons. The molecule has 0 saturated heterocycles. The van der Waals surface area contributed by atoms with Gasteiger partial charge in [-0.3, -0.25) is 4.79 Å². The first-order chi connectivity index (χ1) is 6.77. The molecule has 3 heteroatoms. The van der Waals surface area contributed by atoms with Crippen molar-refractivity contribution in [3.05, 3.63) is 30.2 Å². The molecule has 0 fully saturated rings. The summed E-state index contributed by atoms with van der Waals surface area (Å²) in [6.07, 6.45) is 0. The van der Waals surface area contributed by atoms with Crippen LogP contribution in [0.25, 0.3) is 11.1 Å². The third kappa shape index (κ3) is 1.99. The van der Waals surface area contributed by atoms with Crippen LogP contribution in [0.15, 0.2) is 28.7 Å². The molecule has 3 nitrogen and oxygen atoms in total. The number of carbonyl (C=O) groups excluding carboxylic acids is 1. The third-order valence-electron chi connectivity index (χ3n) is 1.60. The van der Waals surface area contributed by atoms with Crippen LogP contribution in [0.4, 0.5) is 0 Å². The van der Waals surface area contributed by atoms with Gasteiger partial charge in [0.1, 0.15) is 5.52 Å². The first-order valence-electron chi connectivity index (χ1n) is 4.64. The highest BCUT2D eigenvalue weighted by Crippen LogP contribution is 2.14. The summed E-state index contributed by atoms with van der Waals surface area (Å²) in [6, 6.07) is 7.30.